The monoisotopic (exact) mass is 591 g/mol. The first-order chi connectivity index (χ1) is 22.8. The quantitative estimate of drug-likeness (QED) is 0.195. The topological polar surface area (TPSA) is 100 Å². The molecule has 10 rings (SSSR count). The number of hydrogen-bond acceptors (Lipinski definition) is 7. The third-order valence-electron chi connectivity index (χ3n) is 8.58. The van der Waals surface area contributed by atoms with Crippen LogP contribution in [0.5, 0.6) is 0 Å². The Morgan fingerprint density at radius 3 is 1.65 bits per heavy atom. The van der Waals surface area contributed by atoms with Crippen molar-refractivity contribution in [3.8, 4) is 23.3 Å². The molecular formula is C37H21N9. The van der Waals surface area contributed by atoms with Gasteiger partial charge in [-0.15, -0.1) is 0 Å². The molecule has 0 spiro atoms. The molecule has 0 bridgehead atoms. The van der Waals surface area contributed by atoms with Crippen molar-refractivity contribution in [3.63, 3.8) is 0 Å². The third kappa shape index (κ3) is 3.47. The Balaban J connectivity index is 1.37. The van der Waals surface area contributed by atoms with Crippen LogP contribution in [0, 0.1) is 0 Å². The average Bonchev–Trinajstić information content (AvgIpc) is 3.64. The molecule has 0 fully saturated rings. The van der Waals surface area contributed by atoms with Crippen LogP contribution >= 0.6 is 0 Å². The van der Waals surface area contributed by atoms with Crippen molar-refractivity contribution < 1.29 is 0 Å². The van der Waals surface area contributed by atoms with E-state index in [0.29, 0.717) is 29.0 Å². The molecule has 46 heavy (non-hydrogen) atoms. The van der Waals surface area contributed by atoms with Crippen LogP contribution in [-0.4, -0.2) is 44.0 Å². The zero-order valence-electron chi connectivity index (χ0n) is 24.1. The summed E-state index contributed by atoms with van der Waals surface area (Å²) in [6.45, 7) is 0. The Morgan fingerprint density at radius 2 is 0.935 bits per heavy atom. The first kappa shape index (κ1) is 24.8. The second-order valence-corrected chi connectivity index (χ2v) is 11.1. The molecule has 0 saturated carbocycles. The smallest absolute Gasteiger partial charge is 0.242 e. The molecule has 0 unspecified atom stereocenters. The highest BCUT2D eigenvalue weighted by Gasteiger charge is 2.22. The van der Waals surface area contributed by atoms with Gasteiger partial charge in [0.05, 0.1) is 11.0 Å². The Kier molecular flexibility index (Phi) is 5.09. The largest absolute Gasteiger partial charge is 0.262 e. The van der Waals surface area contributed by atoms with Crippen LogP contribution in [0.4, 0.5) is 0 Å². The summed E-state index contributed by atoms with van der Waals surface area (Å²) in [5.41, 5.74) is 4.94. The number of pyridine rings is 4. The molecule has 9 nitrogen and oxygen atoms in total. The Bertz CT molecular complexity index is 2590. The molecule has 10 aromatic rings. The number of rotatable bonds is 3. The van der Waals surface area contributed by atoms with Crippen LogP contribution in [0.3, 0.4) is 0 Å². The Hall–Kier alpha value is -6.61. The summed E-state index contributed by atoms with van der Waals surface area (Å²) < 4.78 is 3.93. The highest BCUT2D eigenvalue weighted by molar-refractivity contribution is 6.12. The fourth-order valence-corrected chi connectivity index (χ4v) is 6.64. The van der Waals surface area contributed by atoms with E-state index in [1.54, 1.807) is 18.6 Å². The van der Waals surface area contributed by atoms with Gasteiger partial charge in [-0.25, -0.2) is 19.5 Å². The molecule has 9 heteroatoms. The van der Waals surface area contributed by atoms with E-state index >= 15 is 0 Å². The summed E-state index contributed by atoms with van der Waals surface area (Å²) in [4.78, 5) is 34.6. The molecule has 0 aliphatic heterocycles. The maximum atomic E-state index is 5.20. The van der Waals surface area contributed by atoms with Gasteiger partial charge in [-0.3, -0.25) is 9.55 Å². The van der Waals surface area contributed by atoms with Gasteiger partial charge in [-0.2, -0.15) is 15.0 Å². The van der Waals surface area contributed by atoms with Crippen LogP contribution < -0.4 is 0 Å². The number of para-hydroxylation sites is 1. The average molecular weight is 592 g/mol. The Morgan fingerprint density at radius 1 is 0.413 bits per heavy atom. The standard InChI is InChI=1S/C37H21N9/c1-2-12-25-23(10-1)29(21-22-9-5-17-38-31(22)25)32-42-36(45-30-16-4-3-11-24(30)26-13-6-18-39-33(26)45)44-37(43-32)46-34-27(14-7-19-40-34)28-15-8-20-41-35(28)46/h1-21H. The molecule has 0 atom stereocenters. The molecule has 0 aliphatic rings. The normalized spacial score (nSPS) is 11.9. The molecule has 3 aromatic carbocycles. The number of hydrogen-bond donors (Lipinski definition) is 0. The van der Waals surface area contributed by atoms with Gasteiger partial charge in [0.2, 0.25) is 11.9 Å². The van der Waals surface area contributed by atoms with Crippen LogP contribution in [0.15, 0.2) is 128 Å². The Labute approximate surface area is 260 Å². The predicted molar refractivity (Wildman–Crippen MR) is 180 cm³/mol. The summed E-state index contributed by atoms with van der Waals surface area (Å²) in [6, 6.07) is 34.6. The first-order valence-corrected chi connectivity index (χ1v) is 14.9. The lowest BCUT2D eigenvalue weighted by molar-refractivity contribution is 0.880. The summed E-state index contributed by atoms with van der Waals surface area (Å²) in [6.07, 6.45) is 7.18. The highest BCUT2D eigenvalue weighted by Crippen LogP contribution is 2.36. The van der Waals surface area contributed by atoms with Gasteiger partial charge < -0.3 is 0 Å². The summed E-state index contributed by atoms with van der Waals surface area (Å²) >= 11 is 0. The number of benzene rings is 3. The van der Waals surface area contributed by atoms with Crippen LogP contribution in [0.25, 0.3) is 89.0 Å². The van der Waals surface area contributed by atoms with E-state index in [0.717, 1.165) is 59.9 Å². The van der Waals surface area contributed by atoms with E-state index in [4.69, 9.17) is 34.9 Å². The van der Waals surface area contributed by atoms with E-state index < -0.39 is 0 Å². The summed E-state index contributed by atoms with van der Waals surface area (Å²) in [7, 11) is 0. The van der Waals surface area contributed by atoms with E-state index in [1.165, 1.54) is 0 Å². The van der Waals surface area contributed by atoms with E-state index in [9.17, 15) is 0 Å². The van der Waals surface area contributed by atoms with Crippen molar-refractivity contribution >= 4 is 65.7 Å². The van der Waals surface area contributed by atoms with Gasteiger partial charge in [0.1, 0.15) is 16.9 Å². The molecule has 0 N–H and O–H groups in total. The maximum Gasteiger partial charge on any atom is 0.242 e. The van der Waals surface area contributed by atoms with E-state index in [2.05, 4.69) is 42.5 Å². The van der Waals surface area contributed by atoms with Gasteiger partial charge in [0.15, 0.2) is 5.82 Å². The molecule has 7 heterocycles. The van der Waals surface area contributed by atoms with Gasteiger partial charge in [0.25, 0.3) is 0 Å². The van der Waals surface area contributed by atoms with Crippen molar-refractivity contribution in [2.75, 3.05) is 0 Å². The van der Waals surface area contributed by atoms with Gasteiger partial charge in [0, 0.05) is 62.7 Å². The first-order valence-electron chi connectivity index (χ1n) is 14.9. The van der Waals surface area contributed by atoms with Crippen molar-refractivity contribution in [1.29, 1.82) is 0 Å². The zero-order chi connectivity index (χ0) is 30.2. The minimum absolute atomic E-state index is 0.412. The molecule has 0 saturated heterocycles. The van der Waals surface area contributed by atoms with Crippen molar-refractivity contribution in [3.05, 3.63) is 128 Å². The lowest BCUT2D eigenvalue weighted by atomic mass is 10.00. The maximum absolute atomic E-state index is 5.20. The van der Waals surface area contributed by atoms with E-state index in [1.807, 2.05) is 76.0 Å². The van der Waals surface area contributed by atoms with Gasteiger partial charge in [-0.05, 0) is 60.0 Å². The number of aromatic nitrogens is 9. The lowest BCUT2D eigenvalue weighted by Gasteiger charge is -2.13. The summed E-state index contributed by atoms with van der Waals surface area (Å²) in [5, 5.41) is 7.04. The van der Waals surface area contributed by atoms with Crippen molar-refractivity contribution in [2.24, 2.45) is 0 Å². The minimum Gasteiger partial charge on any atom is -0.262 e. The van der Waals surface area contributed by atoms with E-state index in [-0.39, 0.29) is 0 Å². The van der Waals surface area contributed by atoms with Gasteiger partial charge >= 0.3 is 0 Å². The second-order valence-electron chi connectivity index (χ2n) is 11.1. The minimum atomic E-state index is 0.412. The zero-order valence-corrected chi connectivity index (χ0v) is 24.1. The number of fused-ring (bicyclic) bond motifs is 9. The molecule has 0 amide bonds. The highest BCUT2D eigenvalue weighted by atomic mass is 15.3. The van der Waals surface area contributed by atoms with Crippen LogP contribution in [-0.2, 0) is 0 Å². The molecule has 214 valence electrons. The third-order valence-corrected chi connectivity index (χ3v) is 8.58. The fourth-order valence-electron chi connectivity index (χ4n) is 6.64. The molecule has 0 radical (unpaired) electrons. The van der Waals surface area contributed by atoms with Crippen molar-refractivity contribution in [2.45, 2.75) is 0 Å². The summed E-state index contributed by atoms with van der Waals surface area (Å²) in [5.74, 6) is 1.38. The van der Waals surface area contributed by atoms with Crippen LogP contribution in [0.2, 0.25) is 0 Å². The predicted octanol–water partition coefficient (Wildman–Crippen LogP) is 7.62. The fraction of sp³-hybridized carbons (Fsp3) is 0. The lowest BCUT2D eigenvalue weighted by Crippen LogP contribution is -2.11. The SMILES string of the molecule is c1cnc2c(c1)cc(-c1nc(-n3c4ccccc4c4cccnc43)nc(-n3c4ncccc4c4cccnc43)n1)c1ccccc12. The number of nitrogens with zero attached hydrogens (tertiary/aromatic N) is 9. The van der Waals surface area contributed by atoms with Gasteiger partial charge in [-0.1, -0.05) is 48.5 Å². The molecular weight excluding hydrogens is 570 g/mol. The second kappa shape index (κ2) is 9.44. The van der Waals surface area contributed by atoms with Crippen molar-refractivity contribution in [1.82, 2.24) is 44.0 Å². The molecule has 7 aromatic heterocycles. The molecule has 0 aliphatic carbocycles. The van der Waals surface area contributed by atoms with Crippen LogP contribution in [0.1, 0.15) is 0 Å².